The minimum absolute atomic E-state index is 0.471. The van der Waals surface area contributed by atoms with Crippen molar-refractivity contribution in [2.75, 3.05) is 5.32 Å². The van der Waals surface area contributed by atoms with E-state index in [0.717, 1.165) is 17.8 Å². The van der Waals surface area contributed by atoms with Crippen LogP contribution in [0.5, 0.6) is 0 Å². The highest BCUT2D eigenvalue weighted by Gasteiger charge is 2.15. The van der Waals surface area contributed by atoms with Crippen LogP contribution in [-0.4, -0.2) is 8.07 Å². The molecule has 0 unspecified atom stereocenters. The molecule has 0 amide bonds. The molecular formula is C18H22N2Si. The lowest BCUT2D eigenvalue weighted by Gasteiger charge is -2.17. The van der Waals surface area contributed by atoms with E-state index in [1.54, 1.807) is 0 Å². The van der Waals surface area contributed by atoms with E-state index in [1.807, 2.05) is 24.3 Å². The monoisotopic (exact) mass is 294 g/mol. The molecule has 0 aliphatic heterocycles. The Bertz CT molecular complexity index is 616. The predicted octanol–water partition coefficient (Wildman–Crippen LogP) is 3.91. The molecule has 2 aromatic rings. The maximum Gasteiger partial charge on any atom is 0.0775 e. The van der Waals surface area contributed by atoms with Gasteiger partial charge in [0.1, 0.15) is 0 Å². The van der Waals surface area contributed by atoms with Gasteiger partial charge in [-0.2, -0.15) is 5.26 Å². The Morgan fingerprint density at radius 1 is 0.905 bits per heavy atom. The van der Waals surface area contributed by atoms with Crippen LogP contribution in [0.4, 0.5) is 5.69 Å². The molecule has 0 aliphatic rings. The van der Waals surface area contributed by atoms with Crippen molar-refractivity contribution in [2.24, 2.45) is 0 Å². The van der Waals surface area contributed by atoms with Crippen molar-refractivity contribution in [1.29, 1.82) is 5.26 Å². The average molecular weight is 294 g/mol. The van der Waals surface area contributed by atoms with Crippen LogP contribution in [0.3, 0.4) is 0 Å². The smallest absolute Gasteiger partial charge is 0.0775 e. The van der Waals surface area contributed by atoms with Crippen molar-refractivity contribution >= 4 is 18.9 Å². The number of nitrogens with one attached hydrogen (secondary N) is 1. The van der Waals surface area contributed by atoms with Crippen molar-refractivity contribution < 1.29 is 0 Å². The van der Waals surface area contributed by atoms with Crippen LogP contribution in [0.25, 0.3) is 0 Å². The number of nitrogens with zero attached hydrogens (tertiary/aromatic N) is 1. The van der Waals surface area contributed by atoms with Crippen LogP contribution in [-0.2, 0) is 13.0 Å². The molecule has 2 rings (SSSR count). The highest BCUT2D eigenvalue weighted by atomic mass is 28.3. The van der Waals surface area contributed by atoms with Crippen LogP contribution in [0.2, 0.25) is 19.6 Å². The summed E-state index contributed by atoms with van der Waals surface area (Å²) < 4.78 is 0. The molecule has 0 aliphatic carbocycles. The van der Waals surface area contributed by atoms with Gasteiger partial charge >= 0.3 is 0 Å². The fraction of sp³-hybridized carbons (Fsp3) is 0.278. The molecule has 0 radical (unpaired) electrons. The Hall–Kier alpha value is -2.05. The summed E-state index contributed by atoms with van der Waals surface area (Å²) in [6.45, 7) is 7.92. The van der Waals surface area contributed by atoms with Gasteiger partial charge in [0.05, 0.1) is 20.6 Å². The molecule has 0 heterocycles. The summed E-state index contributed by atoms with van der Waals surface area (Å²) in [7, 11) is -1.20. The van der Waals surface area contributed by atoms with Gasteiger partial charge in [-0.15, -0.1) is 0 Å². The van der Waals surface area contributed by atoms with Crippen LogP contribution < -0.4 is 10.5 Å². The summed E-state index contributed by atoms with van der Waals surface area (Å²) in [5, 5.41) is 13.6. The molecular weight excluding hydrogens is 272 g/mol. The van der Waals surface area contributed by atoms with E-state index in [-0.39, 0.29) is 0 Å². The van der Waals surface area contributed by atoms with Gasteiger partial charge in [-0.1, -0.05) is 61.2 Å². The molecule has 108 valence electrons. The van der Waals surface area contributed by atoms with E-state index in [4.69, 9.17) is 5.26 Å². The highest BCUT2D eigenvalue weighted by molar-refractivity contribution is 6.88. The third-order valence-electron chi connectivity index (χ3n) is 3.55. The molecule has 2 nitrogen and oxygen atoms in total. The van der Waals surface area contributed by atoms with Crippen LogP contribution in [0.1, 0.15) is 11.1 Å². The van der Waals surface area contributed by atoms with Gasteiger partial charge in [-0.25, -0.2) is 0 Å². The van der Waals surface area contributed by atoms with Crippen molar-refractivity contribution in [3.8, 4) is 6.07 Å². The zero-order chi connectivity index (χ0) is 15.3. The molecule has 2 aromatic carbocycles. The Kier molecular flexibility index (Phi) is 4.82. The lowest BCUT2D eigenvalue weighted by Crippen LogP contribution is -2.37. The van der Waals surface area contributed by atoms with E-state index >= 15 is 0 Å². The van der Waals surface area contributed by atoms with Crippen molar-refractivity contribution in [1.82, 2.24) is 0 Å². The first-order valence-corrected chi connectivity index (χ1v) is 10.8. The molecule has 0 bridgehead atoms. The van der Waals surface area contributed by atoms with Gasteiger partial charge in [0, 0.05) is 12.2 Å². The van der Waals surface area contributed by atoms with Crippen LogP contribution in [0, 0.1) is 11.3 Å². The maximum absolute atomic E-state index is 8.66. The average Bonchev–Trinajstić information content (AvgIpc) is 2.46. The second-order valence-corrected chi connectivity index (χ2v) is 11.4. The number of hydrogen-bond acceptors (Lipinski definition) is 2. The number of benzene rings is 2. The summed E-state index contributed by atoms with van der Waals surface area (Å²) in [5.41, 5.74) is 3.44. The first-order chi connectivity index (χ1) is 9.99. The summed E-state index contributed by atoms with van der Waals surface area (Å²) in [5.74, 6) is 0. The Balaban J connectivity index is 1.95. The normalized spacial score (nSPS) is 11.0. The van der Waals surface area contributed by atoms with E-state index < -0.39 is 8.07 Å². The summed E-state index contributed by atoms with van der Waals surface area (Å²) in [4.78, 5) is 0. The van der Waals surface area contributed by atoms with Crippen molar-refractivity contribution in [3.63, 3.8) is 0 Å². The topological polar surface area (TPSA) is 35.8 Å². The first kappa shape index (κ1) is 15.3. The minimum Gasteiger partial charge on any atom is -0.381 e. The molecule has 0 atom stereocenters. The second kappa shape index (κ2) is 6.60. The van der Waals surface area contributed by atoms with E-state index in [1.165, 1.54) is 10.8 Å². The summed E-state index contributed by atoms with van der Waals surface area (Å²) in [6.07, 6.45) is 0.471. The van der Waals surface area contributed by atoms with Crippen LogP contribution >= 0.6 is 0 Å². The van der Waals surface area contributed by atoms with Gasteiger partial charge in [-0.3, -0.25) is 0 Å². The minimum atomic E-state index is -1.20. The molecule has 0 spiro atoms. The fourth-order valence-electron chi connectivity index (χ4n) is 2.16. The Morgan fingerprint density at radius 3 is 2.00 bits per heavy atom. The summed E-state index contributed by atoms with van der Waals surface area (Å²) >= 11 is 0. The van der Waals surface area contributed by atoms with E-state index in [0.29, 0.717) is 6.42 Å². The SMILES string of the molecule is C[Si](C)(C)c1ccc(CNc2ccc(CC#N)cc2)cc1. The van der Waals surface area contributed by atoms with Gasteiger partial charge in [0.25, 0.3) is 0 Å². The number of nitriles is 1. The zero-order valence-corrected chi connectivity index (χ0v) is 14.0. The van der Waals surface area contributed by atoms with E-state index in [9.17, 15) is 0 Å². The number of rotatable bonds is 5. The quantitative estimate of drug-likeness (QED) is 0.849. The van der Waals surface area contributed by atoms with Gasteiger partial charge in [0.2, 0.25) is 0 Å². The molecule has 0 saturated heterocycles. The lowest BCUT2D eigenvalue weighted by molar-refractivity contribution is 1.15. The number of anilines is 1. The molecule has 1 N–H and O–H groups in total. The predicted molar refractivity (Wildman–Crippen MR) is 92.5 cm³/mol. The standard InChI is InChI=1S/C18H22N2Si/c1-21(2,3)18-10-6-16(7-11-18)14-20-17-8-4-15(5-9-17)12-13-19/h4-11,20H,12,14H2,1-3H3. The molecule has 3 heteroatoms. The maximum atomic E-state index is 8.66. The fourth-order valence-corrected chi connectivity index (χ4v) is 3.33. The van der Waals surface area contributed by atoms with Gasteiger partial charge in [0.15, 0.2) is 0 Å². The molecule has 0 aromatic heterocycles. The molecule has 0 fully saturated rings. The Labute approximate surface area is 128 Å². The highest BCUT2D eigenvalue weighted by Crippen LogP contribution is 2.12. The molecule has 21 heavy (non-hydrogen) atoms. The zero-order valence-electron chi connectivity index (χ0n) is 13.0. The summed E-state index contributed by atoms with van der Waals surface area (Å²) in [6, 6.07) is 19.2. The van der Waals surface area contributed by atoms with Gasteiger partial charge in [-0.05, 0) is 23.3 Å². The van der Waals surface area contributed by atoms with Crippen molar-refractivity contribution in [2.45, 2.75) is 32.6 Å². The largest absolute Gasteiger partial charge is 0.381 e. The lowest BCUT2D eigenvalue weighted by atomic mass is 10.1. The number of hydrogen-bond donors (Lipinski definition) is 1. The third kappa shape index (κ3) is 4.47. The third-order valence-corrected chi connectivity index (χ3v) is 5.62. The van der Waals surface area contributed by atoms with Crippen LogP contribution in [0.15, 0.2) is 48.5 Å². The van der Waals surface area contributed by atoms with E-state index in [2.05, 4.69) is 55.3 Å². The first-order valence-electron chi connectivity index (χ1n) is 7.28. The van der Waals surface area contributed by atoms with Gasteiger partial charge < -0.3 is 5.32 Å². The Morgan fingerprint density at radius 2 is 1.48 bits per heavy atom. The molecule has 0 saturated carbocycles. The second-order valence-electron chi connectivity index (χ2n) is 6.33. The van der Waals surface area contributed by atoms with Crippen molar-refractivity contribution in [3.05, 3.63) is 59.7 Å².